The molecule has 1 fully saturated rings. The van der Waals surface area contributed by atoms with Crippen LogP contribution in [0.15, 0.2) is 72.8 Å². The van der Waals surface area contributed by atoms with E-state index in [0.717, 1.165) is 12.1 Å². The number of nitrogens with zero attached hydrogens (tertiary/aromatic N) is 1. The maximum Gasteiger partial charge on any atom is 0.337 e. The zero-order valence-corrected chi connectivity index (χ0v) is 18.1. The third kappa shape index (κ3) is 5.28. The first kappa shape index (κ1) is 21.8. The van der Waals surface area contributed by atoms with Gasteiger partial charge in [0.15, 0.2) is 0 Å². The number of hydrogen-bond acceptors (Lipinski definition) is 4. The van der Waals surface area contributed by atoms with Gasteiger partial charge in [-0.2, -0.15) is 0 Å². The Balaban J connectivity index is 1.48. The van der Waals surface area contributed by atoms with Crippen molar-refractivity contribution in [1.82, 2.24) is 0 Å². The lowest BCUT2D eigenvalue weighted by Gasteiger charge is -2.16. The van der Waals surface area contributed by atoms with Crippen LogP contribution in [0.2, 0.25) is 0 Å². The number of methoxy groups -OCH3 is 1. The first-order valence-corrected chi connectivity index (χ1v) is 10.6. The Labute approximate surface area is 192 Å². The highest BCUT2D eigenvalue weighted by Gasteiger charge is 2.22. The van der Waals surface area contributed by atoms with E-state index in [1.807, 2.05) is 24.3 Å². The summed E-state index contributed by atoms with van der Waals surface area (Å²) < 4.78 is 4.74. The van der Waals surface area contributed by atoms with Gasteiger partial charge in [0.25, 0.3) is 5.91 Å². The van der Waals surface area contributed by atoms with Crippen molar-refractivity contribution in [2.24, 2.45) is 0 Å². The molecule has 0 spiro atoms. The molecular weight excluding hydrogens is 416 g/mol. The number of hydrogen-bond donors (Lipinski definition) is 1. The molecule has 0 radical (unpaired) electrons. The number of anilines is 2. The lowest BCUT2D eigenvalue weighted by molar-refractivity contribution is -0.117. The van der Waals surface area contributed by atoms with Gasteiger partial charge < -0.3 is 15.0 Å². The summed E-state index contributed by atoms with van der Waals surface area (Å²) in [6.07, 6.45) is 1.37. The van der Waals surface area contributed by atoms with Gasteiger partial charge in [0.2, 0.25) is 5.91 Å². The molecule has 6 nitrogen and oxygen atoms in total. The second kappa shape index (κ2) is 9.84. The Morgan fingerprint density at radius 1 is 0.909 bits per heavy atom. The van der Waals surface area contributed by atoms with Gasteiger partial charge in [-0.1, -0.05) is 30.0 Å². The molecule has 1 aliphatic rings. The Morgan fingerprint density at radius 2 is 1.61 bits per heavy atom. The summed E-state index contributed by atoms with van der Waals surface area (Å²) in [5.74, 6) is 5.48. The number of carbonyl (C=O) groups is 3. The van der Waals surface area contributed by atoms with Crippen LogP contribution in [0.25, 0.3) is 0 Å². The first-order chi connectivity index (χ1) is 16.0. The average molecular weight is 438 g/mol. The van der Waals surface area contributed by atoms with Crippen molar-refractivity contribution in [3.63, 3.8) is 0 Å². The van der Waals surface area contributed by atoms with Crippen LogP contribution in [0.5, 0.6) is 0 Å². The summed E-state index contributed by atoms with van der Waals surface area (Å²) in [5, 5.41) is 2.89. The number of rotatable bonds is 4. The molecule has 1 aliphatic heterocycles. The summed E-state index contributed by atoms with van der Waals surface area (Å²) in [4.78, 5) is 38.2. The van der Waals surface area contributed by atoms with Gasteiger partial charge in [-0.05, 0) is 61.0 Å². The molecule has 0 bridgehead atoms. The van der Waals surface area contributed by atoms with Crippen molar-refractivity contribution in [3.05, 3.63) is 95.1 Å². The Hall–Kier alpha value is -4.37. The van der Waals surface area contributed by atoms with E-state index in [2.05, 4.69) is 17.2 Å². The highest BCUT2D eigenvalue weighted by molar-refractivity contribution is 6.05. The Kier molecular flexibility index (Phi) is 6.51. The van der Waals surface area contributed by atoms with Gasteiger partial charge in [-0.25, -0.2) is 4.79 Å². The minimum atomic E-state index is -0.415. The standard InChI is InChI=1S/C27H22N2O4/c1-33-27(32)22-9-2-6-19(16-22)13-14-20-7-3-10-23(17-20)28-26(31)21-8-4-11-24(18-21)29-15-5-12-25(29)30/h2-4,6-11,16-18H,5,12,15H2,1H3,(H,28,31). The van der Waals surface area contributed by atoms with Crippen LogP contribution < -0.4 is 10.2 Å². The molecule has 4 rings (SSSR count). The molecule has 1 saturated heterocycles. The molecule has 0 atom stereocenters. The molecule has 0 unspecified atom stereocenters. The minimum Gasteiger partial charge on any atom is -0.465 e. The Bertz CT molecular complexity index is 1290. The van der Waals surface area contributed by atoms with E-state index in [1.54, 1.807) is 53.4 Å². The van der Waals surface area contributed by atoms with Gasteiger partial charge in [0.05, 0.1) is 12.7 Å². The van der Waals surface area contributed by atoms with Crippen LogP contribution >= 0.6 is 0 Å². The van der Waals surface area contributed by atoms with Crippen molar-refractivity contribution in [3.8, 4) is 11.8 Å². The van der Waals surface area contributed by atoms with Crippen LogP contribution in [-0.2, 0) is 9.53 Å². The quantitative estimate of drug-likeness (QED) is 0.488. The molecule has 0 saturated carbocycles. The molecule has 3 aromatic rings. The molecule has 1 N–H and O–H groups in total. The summed E-state index contributed by atoms with van der Waals surface area (Å²) >= 11 is 0. The predicted octanol–water partition coefficient (Wildman–Crippen LogP) is 4.25. The largest absolute Gasteiger partial charge is 0.465 e. The topological polar surface area (TPSA) is 75.7 Å². The zero-order valence-electron chi connectivity index (χ0n) is 18.1. The second-order valence-electron chi connectivity index (χ2n) is 7.56. The van der Waals surface area contributed by atoms with Gasteiger partial charge in [0, 0.05) is 41.0 Å². The molecule has 3 aromatic carbocycles. The fourth-order valence-corrected chi connectivity index (χ4v) is 3.60. The second-order valence-corrected chi connectivity index (χ2v) is 7.56. The maximum atomic E-state index is 12.8. The third-order valence-electron chi connectivity index (χ3n) is 5.25. The minimum absolute atomic E-state index is 0.0796. The molecule has 2 amide bonds. The zero-order chi connectivity index (χ0) is 23.2. The van der Waals surface area contributed by atoms with Gasteiger partial charge in [0.1, 0.15) is 0 Å². The van der Waals surface area contributed by atoms with Crippen molar-refractivity contribution in [2.75, 3.05) is 23.9 Å². The summed E-state index contributed by atoms with van der Waals surface area (Å²) in [6, 6.07) is 21.2. The molecule has 33 heavy (non-hydrogen) atoms. The van der Waals surface area contributed by atoms with E-state index in [4.69, 9.17) is 4.74 Å². The van der Waals surface area contributed by atoms with Crippen LogP contribution in [-0.4, -0.2) is 31.4 Å². The average Bonchev–Trinajstić information content (AvgIpc) is 3.28. The van der Waals surface area contributed by atoms with E-state index in [0.29, 0.717) is 40.9 Å². The fourth-order valence-electron chi connectivity index (χ4n) is 3.60. The SMILES string of the molecule is COC(=O)c1cccc(C#Cc2cccc(NC(=O)c3cccc(N4CCCC4=O)c3)c2)c1. The van der Waals surface area contributed by atoms with E-state index in [1.165, 1.54) is 7.11 Å². The fraction of sp³-hybridized carbons (Fsp3) is 0.148. The van der Waals surface area contributed by atoms with Crippen molar-refractivity contribution < 1.29 is 19.1 Å². The van der Waals surface area contributed by atoms with Gasteiger partial charge in [-0.15, -0.1) is 0 Å². The number of nitrogens with one attached hydrogen (secondary N) is 1. The molecule has 164 valence electrons. The first-order valence-electron chi connectivity index (χ1n) is 10.6. The molecule has 0 aliphatic carbocycles. The summed E-state index contributed by atoms with van der Waals surface area (Å²) in [7, 11) is 1.34. The Morgan fingerprint density at radius 3 is 2.33 bits per heavy atom. The van der Waals surface area contributed by atoms with E-state index in [-0.39, 0.29) is 11.8 Å². The highest BCUT2D eigenvalue weighted by atomic mass is 16.5. The van der Waals surface area contributed by atoms with Crippen LogP contribution in [0.4, 0.5) is 11.4 Å². The number of amides is 2. The van der Waals surface area contributed by atoms with E-state index < -0.39 is 5.97 Å². The van der Waals surface area contributed by atoms with Gasteiger partial charge >= 0.3 is 5.97 Å². The lowest BCUT2D eigenvalue weighted by Crippen LogP contribution is -2.24. The van der Waals surface area contributed by atoms with Crippen LogP contribution in [0.1, 0.15) is 44.7 Å². The lowest BCUT2D eigenvalue weighted by atomic mass is 10.1. The predicted molar refractivity (Wildman–Crippen MR) is 126 cm³/mol. The smallest absolute Gasteiger partial charge is 0.337 e. The van der Waals surface area contributed by atoms with Crippen molar-refractivity contribution in [1.29, 1.82) is 0 Å². The number of carbonyl (C=O) groups excluding carboxylic acids is 3. The molecule has 1 heterocycles. The number of benzene rings is 3. The van der Waals surface area contributed by atoms with Crippen LogP contribution in [0.3, 0.4) is 0 Å². The highest BCUT2D eigenvalue weighted by Crippen LogP contribution is 2.23. The van der Waals surface area contributed by atoms with Crippen molar-refractivity contribution >= 4 is 29.2 Å². The summed E-state index contributed by atoms with van der Waals surface area (Å²) in [6.45, 7) is 0.674. The van der Waals surface area contributed by atoms with Gasteiger partial charge in [-0.3, -0.25) is 9.59 Å². The van der Waals surface area contributed by atoms with E-state index in [9.17, 15) is 14.4 Å². The monoisotopic (exact) mass is 438 g/mol. The molecular formula is C27H22N2O4. The third-order valence-corrected chi connectivity index (χ3v) is 5.25. The number of esters is 1. The summed E-state index contributed by atoms with van der Waals surface area (Å²) in [5.41, 5.74) is 3.65. The van der Waals surface area contributed by atoms with Crippen LogP contribution in [0, 0.1) is 11.8 Å². The van der Waals surface area contributed by atoms with E-state index >= 15 is 0 Å². The normalized spacial score (nSPS) is 12.6. The molecule has 6 heteroatoms. The number of ether oxygens (including phenoxy) is 1. The van der Waals surface area contributed by atoms with Crippen molar-refractivity contribution in [2.45, 2.75) is 12.8 Å². The molecule has 0 aromatic heterocycles. The maximum absolute atomic E-state index is 12.8.